The molecule has 0 radical (unpaired) electrons. The van der Waals surface area contributed by atoms with Crippen LogP contribution in [-0.4, -0.2) is 37.5 Å². The van der Waals surface area contributed by atoms with Gasteiger partial charge in [0.2, 0.25) is 0 Å². The molecule has 3 rings (SSSR count). The number of anilines is 1. The highest BCUT2D eigenvalue weighted by molar-refractivity contribution is 6.01. The number of benzene rings is 2. The highest BCUT2D eigenvalue weighted by atomic mass is 19.1. The van der Waals surface area contributed by atoms with Gasteiger partial charge in [-0.1, -0.05) is 24.3 Å². The Morgan fingerprint density at radius 1 is 1.15 bits per heavy atom. The van der Waals surface area contributed by atoms with Crippen LogP contribution in [0, 0.1) is 5.82 Å². The van der Waals surface area contributed by atoms with Gasteiger partial charge >= 0.3 is 5.97 Å². The van der Waals surface area contributed by atoms with Crippen molar-refractivity contribution in [1.29, 1.82) is 0 Å². The van der Waals surface area contributed by atoms with Crippen LogP contribution in [0.15, 0.2) is 48.5 Å². The van der Waals surface area contributed by atoms with Crippen molar-refractivity contribution >= 4 is 23.5 Å². The Balaban J connectivity index is 1.47. The van der Waals surface area contributed by atoms with Crippen LogP contribution in [0.4, 0.5) is 10.1 Å². The van der Waals surface area contributed by atoms with Crippen molar-refractivity contribution in [3.05, 3.63) is 59.9 Å². The van der Waals surface area contributed by atoms with E-state index in [1.165, 1.54) is 17.0 Å². The summed E-state index contributed by atoms with van der Waals surface area (Å²) in [7, 11) is 0. The number of halogens is 1. The second-order valence-electron chi connectivity index (χ2n) is 5.80. The van der Waals surface area contributed by atoms with Crippen molar-refractivity contribution in [3.63, 3.8) is 0 Å². The lowest BCUT2D eigenvalue weighted by atomic mass is 10.2. The largest absolute Gasteiger partial charge is 0.482 e. The lowest BCUT2D eigenvalue weighted by Crippen LogP contribution is -2.43. The molecule has 0 atom stereocenters. The Labute approximate surface area is 154 Å². The Kier molecular flexibility index (Phi) is 5.65. The quantitative estimate of drug-likeness (QED) is 0.775. The average molecular weight is 372 g/mol. The first-order chi connectivity index (χ1) is 13.0. The summed E-state index contributed by atoms with van der Waals surface area (Å²) in [6.45, 7) is -0.765. The molecule has 27 heavy (non-hydrogen) atoms. The number of rotatable bonds is 6. The molecular weight excluding hydrogens is 355 g/mol. The molecule has 0 unspecified atom stereocenters. The number of carbonyl (C=O) groups is 3. The van der Waals surface area contributed by atoms with Crippen molar-refractivity contribution in [3.8, 4) is 5.75 Å². The molecule has 0 saturated heterocycles. The molecule has 2 aromatic carbocycles. The maximum absolute atomic E-state index is 12.8. The lowest BCUT2D eigenvalue weighted by molar-refractivity contribution is -0.147. The van der Waals surface area contributed by atoms with Crippen LogP contribution in [0.5, 0.6) is 5.75 Å². The summed E-state index contributed by atoms with van der Waals surface area (Å²) in [5.74, 6) is -1.44. The van der Waals surface area contributed by atoms with Crippen molar-refractivity contribution in [2.45, 2.75) is 6.54 Å². The third-order valence-electron chi connectivity index (χ3n) is 3.86. The minimum Gasteiger partial charge on any atom is -0.482 e. The molecule has 1 aliphatic rings. The van der Waals surface area contributed by atoms with Gasteiger partial charge in [0.25, 0.3) is 11.8 Å². The molecule has 0 spiro atoms. The number of amides is 2. The first-order valence-corrected chi connectivity index (χ1v) is 8.22. The Bertz CT molecular complexity index is 853. The monoisotopic (exact) mass is 372 g/mol. The summed E-state index contributed by atoms with van der Waals surface area (Å²) in [5.41, 5.74) is 1.19. The van der Waals surface area contributed by atoms with E-state index in [9.17, 15) is 18.8 Å². The van der Waals surface area contributed by atoms with E-state index in [0.717, 1.165) is 0 Å². The molecule has 2 aromatic rings. The van der Waals surface area contributed by atoms with Gasteiger partial charge in [0, 0.05) is 6.54 Å². The second-order valence-corrected chi connectivity index (χ2v) is 5.80. The van der Waals surface area contributed by atoms with Gasteiger partial charge in [-0.2, -0.15) is 0 Å². The maximum Gasteiger partial charge on any atom is 0.326 e. The van der Waals surface area contributed by atoms with Crippen LogP contribution >= 0.6 is 0 Å². The van der Waals surface area contributed by atoms with E-state index in [1.807, 2.05) is 0 Å². The number of nitrogens with one attached hydrogen (secondary N) is 1. The summed E-state index contributed by atoms with van der Waals surface area (Å²) in [5, 5.41) is 2.56. The van der Waals surface area contributed by atoms with Gasteiger partial charge in [-0.05, 0) is 29.8 Å². The number of hydrogen-bond donors (Lipinski definition) is 1. The van der Waals surface area contributed by atoms with E-state index >= 15 is 0 Å². The van der Waals surface area contributed by atoms with Gasteiger partial charge in [0.05, 0.1) is 5.69 Å². The van der Waals surface area contributed by atoms with Crippen molar-refractivity contribution in [1.82, 2.24) is 5.32 Å². The molecule has 1 aliphatic heterocycles. The molecule has 0 saturated carbocycles. The molecule has 2 amide bonds. The zero-order valence-corrected chi connectivity index (χ0v) is 14.3. The molecular formula is C19H17FN2O5. The normalized spacial score (nSPS) is 12.8. The smallest absolute Gasteiger partial charge is 0.326 e. The SMILES string of the molecule is O=C(COC(=O)CN1C(=O)COc2ccccc21)NCc1ccc(F)cc1. The third kappa shape index (κ3) is 4.81. The number of hydrogen-bond acceptors (Lipinski definition) is 5. The zero-order chi connectivity index (χ0) is 19.2. The highest BCUT2D eigenvalue weighted by Crippen LogP contribution is 2.31. The van der Waals surface area contributed by atoms with Gasteiger partial charge in [0.1, 0.15) is 18.1 Å². The summed E-state index contributed by atoms with van der Waals surface area (Å²) in [6.07, 6.45) is 0. The Morgan fingerprint density at radius 2 is 1.89 bits per heavy atom. The molecule has 1 N–H and O–H groups in total. The molecule has 8 heteroatoms. The van der Waals surface area contributed by atoms with Crippen molar-refractivity contribution < 1.29 is 28.2 Å². The van der Waals surface area contributed by atoms with E-state index in [4.69, 9.17) is 9.47 Å². The summed E-state index contributed by atoms with van der Waals surface area (Å²) < 4.78 is 23.1. The average Bonchev–Trinajstić information content (AvgIpc) is 2.68. The van der Waals surface area contributed by atoms with Gasteiger partial charge in [-0.3, -0.25) is 19.3 Å². The van der Waals surface area contributed by atoms with E-state index in [2.05, 4.69) is 5.32 Å². The predicted octanol–water partition coefficient (Wildman–Crippen LogP) is 1.41. The fourth-order valence-corrected chi connectivity index (χ4v) is 2.50. The number of fused-ring (bicyclic) bond motifs is 1. The molecule has 0 fully saturated rings. The first kappa shape index (κ1) is 18.4. The third-order valence-corrected chi connectivity index (χ3v) is 3.86. The summed E-state index contributed by atoms with van der Waals surface area (Å²) >= 11 is 0. The van der Waals surface area contributed by atoms with Crippen LogP contribution in [0.2, 0.25) is 0 Å². The summed E-state index contributed by atoms with van der Waals surface area (Å²) in [6, 6.07) is 12.5. The van der Waals surface area contributed by atoms with Crippen LogP contribution in [0.1, 0.15) is 5.56 Å². The highest BCUT2D eigenvalue weighted by Gasteiger charge is 2.27. The van der Waals surface area contributed by atoms with E-state index in [0.29, 0.717) is 17.0 Å². The molecule has 140 valence electrons. The second kappa shape index (κ2) is 8.31. The minimum atomic E-state index is -0.711. The van der Waals surface area contributed by atoms with E-state index in [1.54, 1.807) is 36.4 Å². The molecule has 0 aliphatic carbocycles. The van der Waals surface area contributed by atoms with Gasteiger partial charge < -0.3 is 14.8 Å². The molecule has 7 nitrogen and oxygen atoms in total. The number of esters is 1. The van der Waals surface area contributed by atoms with E-state index < -0.39 is 18.5 Å². The number of para-hydroxylation sites is 2. The van der Waals surface area contributed by atoms with Gasteiger partial charge in [0.15, 0.2) is 13.2 Å². The Morgan fingerprint density at radius 3 is 2.67 bits per heavy atom. The van der Waals surface area contributed by atoms with Gasteiger partial charge in [-0.25, -0.2) is 4.39 Å². The lowest BCUT2D eigenvalue weighted by Gasteiger charge is -2.28. The number of carbonyl (C=O) groups excluding carboxylic acids is 3. The maximum atomic E-state index is 12.8. The number of nitrogens with zero attached hydrogens (tertiary/aromatic N) is 1. The Hall–Kier alpha value is -3.42. The van der Waals surface area contributed by atoms with E-state index in [-0.39, 0.29) is 31.4 Å². The topological polar surface area (TPSA) is 84.9 Å². The minimum absolute atomic E-state index is 0.164. The summed E-state index contributed by atoms with van der Waals surface area (Å²) in [4.78, 5) is 37.0. The number of ether oxygens (including phenoxy) is 2. The zero-order valence-electron chi connectivity index (χ0n) is 14.3. The van der Waals surface area contributed by atoms with Crippen molar-refractivity contribution in [2.75, 3.05) is 24.7 Å². The first-order valence-electron chi connectivity index (χ1n) is 8.22. The molecule has 0 bridgehead atoms. The standard InChI is InChI=1S/C19H17FN2O5/c20-14-7-5-13(6-8-14)9-21-17(23)11-27-19(25)10-22-15-3-1-2-4-16(15)26-12-18(22)24/h1-8H,9-12H2,(H,21,23). The van der Waals surface area contributed by atoms with Crippen LogP contribution < -0.4 is 15.0 Å². The molecule has 0 aromatic heterocycles. The van der Waals surface area contributed by atoms with Crippen LogP contribution in [-0.2, 0) is 25.7 Å². The van der Waals surface area contributed by atoms with Gasteiger partial charge in [-0.15, -0.1) is 0 Å². The predicted molar refractivity (Wildman–Crippen MR) is 93.5 cm³/mol. The van der Waals surface area contributed by atoms with Crippen molar-refractivity contribution in [2.24, 2.45) is 0 Å². The van der Waals surface area contributed by atoms with Crippen LogP contribution in [0.25, 0.3) is 0 Å². The molecule has 1 heterocycles. The fourth-order valence-electron chi connectivity index (χ4n) is 2.50. The van der Waals surface area contributed by atoms with Crippen LogP contribution in [0.3, 0.4) is 0 Å². The fraction of sp³-hybridized carbons (Fsp3) is 0.211.